The maximum absolute atomic E-state index is 12.7. The van der Waals surface area contributed by atoms with E-state index in [-0.39, 0.29) is 12.1 Å². The third-order valence-electron chi connectivity index (χ3n) is 4.40. The van der Waals surface area contributed by atoms with Gasteiger partial charge in [0.15, 0.2) is 0 Å². The Bertz CT molecular complexity index is 811. The number of amides is 2. The highest BCUT2D eigenvalue weighted by atomic mass is 16.2. The van der Waals surface area contributed by atoms with Gasteiger partial charge in [-0.05, 0) is 49.6 Å². The van der Waals surface area contributed by atoms with Crippen molar-refractivity contribution in [3.05, 3.63) is 54.9 Å². The van der Waals surface area contributed by atoms with E-state index >= 15 is 0 Å². The lowest BCUT2D eigenvalue weighted by Crippen LogP contribution is -2.41. The predicted molar refractivity (Wildman–Crippen MR) is 92.3 cm³/mol. The fourth-order valence-electron chi connectivity index (χ4n) is 3.15. The Labute approximate surface area is 144 Å². The SMILES string of the molecule is O=C(Nc1ccc(-n2cccn2)cc1)N1CCCC[C@H]1c1ncn[nH]1. The van der Waals surface area contributed by atoms with Gasteiger partial charge >= 0.3 is 6.03 Å². The summed E-state index contributed by atoms with van der Waals surface area (Å²) in [5.41, 5.74) is 1.70. The molecule has 0 unspecified atom stereocenters. The van der Waals surface area contributed by atoms with Gasteiger partial charge in [0.05, 0.1) is 11.7 Å². The third kappa shape index (κ3) is 3.23. The van der Waals surface area contributed by atoms with Crippen LogP contribution in [0, 0.1) is 0 Å². The van der Waals surface area contributed by atoms with E-state index in [1.165, 1.54) is 6.33 Å². The molecule has 1 aliphatic heterocycles. The summed E-state index contributed by atoms with van der Waals surface area (Å²) in [6.07, 6.45) is 8.05. The first kappa shape index (κ1) is 15.4. The molecule has 1 saturated heterocycles. The van der Waals surface area contributed by atoms with Gasteiger partial charge in [0.25, 0.3) is 0 Å². The fourth-order valence-corrected chi connectivity index (χ4v) is 3.15. The summed E-state index contributed by atoms with van der Waals surface area (Å²) in [5.74, 6) is 0.740. The second-order valence-corrected chi connectivity index (χ2v) is 6.00. The first-order valence-electron chi connectivity index (χ1n) is 8.34. The van der Waals surface area contributed by atoms with Crippen LogP contribution in [-0.4, -0.2) is 42.4 Å². The number of anilines is 1. The van der Waals surface area contributed by atoms with Crippen molar-refractivity contribution in [1.29, 1.82) is 0 Å². The van der Waals surface area contributed by atoms with Gasteiger partial charge in [-0.25, -0.2) is 14.5 Å². The number of carbonyl (C=O) groups excluding carboxylic acids is 1. The molecule has 3 heterocycles. The van der Waals surface area contributed by atoms with Gasteiger partial charge in [-0.15, -0.1) is 0 Å². The topological polar surface area (TPSA) is 91.7 Å². The van der Waals surface area contributed by atoms with Crippen molar-refractivity contribution in [3.63, 3.8) is 0 Å². The molecule has 8 heteroatoms. The Morgan fingerprint density at radius 3 is 2.84 bits per heavy atom. The number of urea groups is 1. The summed E-state index contributed by atoms with van der Waals surface area (Å²) in [7, 11) is 0. The van der Waals surface area contributed by atoms with Crippen LogP contribution < -0.4 is 5.32 Å². The molecule has 8 nitrogen and oxygen atoms in total. The monoisotopic (exact) mass is 337 g/mol. The Morgan fingerprint density at radius 1 is 1.24 bits per heavy atom. The lowest BCUT2D eigenvalue weighted by Gasteiger charge is -2.34. The molecule has 2 aromatic heterocycles. The van der Waals surface area contributed by atoms with Gasteiger partial charge in [0.1, 0.15) is 12.2 Å². The standard InChI is InChI=1S/C17H19N7O/c25-17(23-10-2-1-4-15(23)16-18-12-19-22-16)21-13-5-7-14(8-6-13)24-11-3-9-20-24/h3,5-9,11-12,15H,1-2,4,10H2,(H,21,25)(H,18,19,22)/t15-/m0/s1. The summed E-state index contributed by atoms with van der Waals surface area (Å²) in [4.78, 5) is 18.8. The highest BCUT2D eigenvalue weighted by Crippen LogP contribution is 2.29. The van der Waals surface area contributed by atoms with E-state index in [4.69, 9.17) is 0 Å². The quantitative estimate of drug-likeness (QED) is 0.769. The molecule has 0 saturated carbocycles. The van der Waals surface area contributed by atoms with Gasteiger partial charge in [-0.2, -0.15) is 10.2 Å². The third-order valence-corrected chi connectivity index (χ3v) is 4.40. The van der Waals surface area contributed by atoms with Crippen LogP contribution in [0.25, 0.3) is 5.69 Å². The van der Waals surface area contributed by atoms with Crippen LogP contribution >= 0.6 is 0 Å². The number of H-pyrrole nitrogens is 1. The molecule has 0 radical (unpaired) electrons. The fraction of sp³-hybridized carbons (Fsp3) is 0.294. The average molecular weight is 337 g/mol. The molecule has 1 atom stereocenters. The van der Waals surface area contributed by atoms with Crippen molar-refractivity contribution in [2.75, 3.05) is 11.9 Å². The van der Waals surface area contributed by atoms with Crippen molar-refractivity contribution < 1.29 is 4.79 Å². The normalized spacial score (nSPS) is 17.4. The van der Waals surface area contributed by atoms with Crippen LogP contribution in [0.5, 0.6) is 0 Å². The Balaban J connectivity index is 1.47. The number of aromatic amines is 1. The van der Waals surface area contributed by atoms with Crippen LogP contribution in [0.3, 0.4) is 0 Å². The molecule has 0 bridgehead atoms. The van der Waals surface area contributed by atoms with Gasteiger partial charge < -0.3 is 10.2 Å². The second kappa shape index (κ2) is 6.76. The van der Waals surface area contributed by atoms with Gasteiger partial charge in [-0.1, -0.05) is 0 Å². The van der Waals surface area contributed by atoms with Crippen molar-refractivity contribution in [3.8, 4) is 5.69 Å². The summed E-state index contributed by atoms with van der Waals surface area (Å²) in [6.45, 7) is 0.711. The number of benzene rings is 1. The first-order chi connectivity index (χ1) is 12.3. The maximum Gasteiger partial charge on any atom is 0.322 e. The molecule has 4 rings (SSSR count). The highest BCUT2D eigenvalue weighted by Gasteiger charge is 2.29. The van der Waals surface area contributed by atoms with Crippen molar-refractivity contribution in [2.24, 2.45) is 0 Å². The number of carbonyl (C=O) groups is 1. The predicted octanol–water partition coefficient (Wildman–Crippen LogP) is 2.75. The average Bonchev–Trinajstić information content (AvgIpc) is 3.36. The number of likely N-dealkylation sites (tertiary alicyclic amines) is 1. The maximum atomic E-state index is 12.7. The largest absolute Gasteiger partial charge is 0.322 e. The number of piperidine rings is 1. The number of nitrogens with zero attached hydrogens (tertiary/aromatic N) is 5. The van der Waals surface area contributed by atoms with Crippen LogP contribution in [-0.2, 0) is 0 Å². The van der Waals surface area contributed by atoms with Gasteiger partial charge in [0, 0.05) is 24.6 Å². The van der Waals surface area contributed by atoms with Crippen LogP contribution in [0.1, 0.15) is 31.1 Å². The van der Waals surface area contributed by atoms with Crippen molar-refractivity contribution in [1.82, 2.24) is 29.9 Å². The minimum Gasteiger partial charge on any atom is -0.314 e. The van der Waals surface area contributed by atoms with Crippen LogP contribution in [0.4, 0.5) is 10.5 Å². The summed E-state index contributed by atoms with van der Waals surface area (Å²) in [5, 5.41) is 14.0. The molecular formula is C17H19N7O. The summed E-state index contributed by atoms with van der Waals surface area (Å²) in [6, 6.07) is 9.30. The molecule has 0 aliphatic carbocycles. The smallest absolute Gasteiger partial charge is 0.314 e. The number of aromatic nitrogens is 5. The van der Waals surface area contributed by atoms with Crippen molar-refractivity contribution >= 4 is 11.7 Å². The summed E-state index contributed by atoms with van der Waals surface area (Å²) < 4.78 is 1.77. The molecule has 3 aromatic rings. The van der Waals surface area contributed by atoms with Crippen molar-refractivity contribution in [2.45, 2.75) is 25.3 Å². The van der Waals surface area contributed by atoms with E-state index in [2.05, 4.69) is 25.6 Å². The molecule has 2 amide bonds. The zero-order chi connectivity index (χ0) is 17.1. The van der Waals surface area contributed by atoms with Crippen LogP contribution in [0.15, 0.2) is 49.1 Å². The lowest BCUT2D eigenvalue weighted by atomic mass is 10.0. The number of hydrogen-bond donors (Lipinski definition) is 2. The van der Waals surface area contributed by atoms with Crippen LogP contribution in [0.2, 0.25) is 0 Å². The molecule has 25 heavy (non-hydrogen) atoms. The minimum atomic E-state index is -0.118. The zero-order valence-electron chi connectivity index (χ0n) is 13.7. The van der Waals surface area contributed by atoms with E-state index in [9.17, 15) is 4.79 Å². The van der Waals surface area contributed by atoms with E-state index < -0.39 is 0 Å². The first-order valence-corrected chi connectivity index (χ1v) is 8.34. The molecule has 0 spiro atoms. The van der Waals surface area contributed by atoms with E-state index in [0.29, 0.717) is 6.54 Å². The molecular weight excluding hydrogens is 318 g/mol. The zero-order valence-corrected chi connectivity index (χ0v) is 13.7. The van der Waals surface area contributed by atoms with E-state index in [1.54, 1.807) is 10.9 Å². The summed E-state index contributed by atoms with van der Waals surface area (Å²) >= 11 is 0. The molecule has 1 aromatic carbocycles. The second-order valence-electron chi connectivity index (χ2n) is 6.00. The molecule has 1 fully saturated rings. The number of nitrogens with one attached hydrogen (secondary N) is 2. The number of hydrogen-bond acceptors (Lipinski definition) is 4. The van der Waals surface area contributed by atoms with Gasteiger partial charge in [-0.3, -0.25) is 5.10 Å². The highest BCUT2D eigenvalue weighted by molar-refractivity contribution is 5.89. The lowest BCUT2D eigenvalue weighted by molar-refractivity contribution is 0.159. The molecule has 128 valence electrons. The van der Waals surface area contributed by atoms with Gasteiger partial charge in [0.2, 0.25) is 0 Å². The van der Waals surface area contributed by atoms with E-state index in [1.807, 2.05) is 41.4 Å². The Morgan fingerprint density at radius 2 is 2.12 bits per heavy atom. The Hall–Kier alpha value is -3.16. The molecule has 1 aliphatic rings. The minimum absolute atomic E-state index is 0.0559. The molecule has 2 N–H and O–H groups in total. The van der Waals surface area contributed by atoms with E-state index in [0.717, 1.165) is 36.5 Å². The Kier molecular flexibility index (Phi) is 4.16. The number of rotatable bonds is 3.